The quantitative estimate of drug-likeness (QED) is 0.0983. The topological polar surface area (TPSA) is 55.7 Å². The summed E-state index contributed by atoms with van der Waals surface area (Å²) >= 11 is 0. The number of unbranched alkanes of at least 4 members (excludes halogenated alkanes) is 4. The number of para-hydroxylation sites is 1. The summed E-state index contributed by atoms with van der Waals surface area (Å²) in [5, 5.41) is 0. The first kappa shape index (κ1) is 26.2. The van der Waals surface area contributed by atoms with Gasteiger partial charge in [-0.05, 0) is 37.8 Å². The van der Waals surface area contributed by atoms with Crippen LogP contribution in [0.25, 0.3) is 0 Å². The molecule has 0 bridgehead atoms. The molecule has 0 aliphatic carbocycles. The summed E-state index contributed by atoms with van der Waals surface area (Å²) in [6.07, 6.45) is 11.7. The van der Waals surface area contributed by atoms with Gasteiger partial charge in [-0.2, -0.15) is 0 Å². The largest absolute Gasteiger partial charge is 0.465 e. The van der Waals surface area contributed by atoms with Crippen LogP contribution in [0.1, 0.15) is 87.6 Å². The van der Waals surface area contributed by atoms with E-state index in [0.717, 1.165) is 25.7 Å². The number of benzene rings is 2. The molecule has 0 saturated heterocycles. The van der Waals surface area contributed by atoms with Gasteiger partial charge < -0.3 is 4.74 Å². The molecule has 0 amide bonds. The van der Waals surface area contributed by atoms with Gasteiger partial charge in [0.05, 0.1) is 12.8 Å². The van der Waals surface area contributed by atoms with Gasteiger partial charge in [-0.25, -0.2) is 9.79 Å². The number of rotatable bonds is 14. The summed E-state index contributed by atoms with van der Waals surface area (Å²) in [6, 6.07) is 16.3. The van der Waals surface area contributed by atoms with Gasteiger partial charge in [0.25, 0.3) is 0 Å². The Labute approximate surface area is 198 Å². The second-order valence-corrected chi connectivity index (χ2v) is 8.24. The van der Waals surface area contributed by atoms with Crippen molar-refractivity contribution in [3.05, 3.63) is 77.4 Å². The third kappa shape index (κ3) is 8.80. The lowest BCUT2D eigenvalue weighted by Crippen LogP contribution is -2.15. The molecule has 0 spiro atoms. The zero-order valence-electron chi connectivity index (χ0n) is 20.3. The Morgan fingerprint density at radius 3 is 2.06 bits per heavy atom. The molecule has 0 N–H and O–H groups in total. The summed E-state index contributed by atoms with van der Waals surface area (Å²) in [6.45, 7) is 4.41. The summed E-state index contributed by atoms with van der Waals surface area (Å²) in [7, 11) is 1.37. The summed E-state index contributed by atoms with van der Waals surface area (Å²) in [5.41, 5.74) is 3.24. The molecule has 0 aliphatic heterocycles. The molecule has 0 aliphatic rings. The van der Waals surface area contributed by atoms with E-state index in [0.29, 0.717) is 28.9 Å². The number of carbonyl (C=O) groups is 2. The van der Waals surface area contributed by atoms with Gasteiger partial charge in [-0.1, -0.05) is 93.6 Å². The van der Waals surface area contributed by atoms with Crippen LogP contribution < -0.4 is 0 Å². The molecular weight excluding hydrogens is 410 g/mol. The average Bonchev–Trinajstić information content (AvgIpc) is 2.86. The molecular formula is C29H37NO3. The van der Waals surface area contributed by atoms with Gasteiger partial charge in [-0.15, -0.1) is 0 Å². The monoisotopic (exact) mass is 447 g/mol. The van der Waals surface area contributed by atoms with E-state index in [-0.39, 0.29) is 5.78 Å². The molecule has 4 heteroatoms. The Morgan fingerprint density at radius 1 is 0.848 bits per heavy atom. The molecule has 33 heavy (non-hydrogen) atoms. The van der Waals surface area contributed by atoms with Crippen molar-refractivity contribution >= 4 is 23.2 Å². The number of allylic oxidation sites excluding steroid dienone is 2. The van der Waals surface area contributed by atoms with Gasteiger partial charge in [-0.3, -0.25) is 4.79 Å². The number of aliphatic imine (C=N–C) groups is 1. The Kier molecular flexibility index (Phi) is 11.9. The second-order valence-electron chi connectivity index (χ2n) is 8.24. The number of ketones is 1. The van der Waals surface area contributed by atoms with E-state index in [1.807, 2.05) is 30.3 Å². The highest BCUT2D eigenvalue weighted by atomic mass is 16.5. The molecule has 0 fully saturated rings. The predicted octanol–water partition coefficient (Wildman–Crippen LogP) is 7.64. The third-order valence-corrected chi connectivity index (χ3v) is 5.65. The van der Waals surface area contributed by atoms with Crippen molar-refractivity contribution in [1.82, 2.24) is 0 Å². The number of methoxy groups -OCH3 is 1. The van der Waals surface area contributed by atoms with Crippen LogP contribution in [0.5, 0.6) is 0 Å². The van der Waals surface area contributed by atoms with Crippen molar-refractivity contribution in [3.63, 3.8) is 0 Å². The van der Waals surface area contributed by atoms with Gasteiger partial charge in [0.15, 0.2) is 5.78 Å². The van der Waals surface area contributed by atoms with Gasteiger partial charge >= 0.3 is 5.97 Å². The van der Waals surface area contributed by atoms with Crippen molar-refractivity contribution in [2.24, 2.45) is 4.99 Å². The smallest absolute Gasteiger partial charge is 0.352 e. The van der Waals surface area contributed by atoms with Crippen LogP contribution in [-0.4, -0.2) is 24.6 Å². The molecule has 0 aromatic heterocycles. The van der Waals surface area contributed by atoms with Crippen molar-refractivity contribution in [2.45, 2.75) is 71.6 Å². The van der Waals surface area contributed by atoms with E-state index in [1.54, 1.807) is 24.3 Å². The van der Waals surface area contributed by atoms with Crippen LogP contribution in [0, 0.1) is 0 Å². The van der Waals surface area contributed by atoms with Crippen LogP contribution >= 0.6 is 0 Å². The normalized spacial score (nSPS) is 11.2. The molecule has 0 atom stereocenters. The molecule has 2 aromatic carbocycles. The predicted molar refractivity (Wildman–Crippen MR) is 136 cm³/mol. The highest BCUT2D eigenvalue weighted by Gasteiger charge is 2.16. The Balaban J connectivity index is 2.32. The molecule has 2 rings (SSSR count). The summed E-state index contributed by atoms with van der Waals surface area (Å²) < 4.78 is 5.02. The minimum absolute atomic E-state index is 0.116. The van der Waals surface area contributed by atoms with Crippen molar-refractivity contribution in [1.29, 1.82) is 0 Å². The van der Waals surface area contributed by atoms with Crippen LogP contribution in [0.15, 0.2) is 71.2 Å². The van der Waals surface area contributed by atoms with Gasteiger partial charge in [0.2, 0.25) is 0 Å². The standard InChI is InChI=1S/C29H37NO3/c1-4-6-9-15-23(16-10-7-5-2)21-22-27(29(32)33-3)30-26-20-14-13-19-25(26)28(31)24-17-11-8-12-18-24/h8,11-14,17-21H,4-7,9-10,15-16,22H2,1-3H3. The molecule has 0 unspecified atom stereocenters. The van der Waals surface area contributed by atoms with Crippen LogP contribution in [0.4, 0.5) is 5.69 Å². The molecule has 0 radical (unpaired) electrons. The van der Waals surface area contributed by atoms with Crippen molar-refractivity contribution < 1.29 is 14.3 Å². The highest BCUT2D eigenvalue weighted by molar-refractivity contribution is 6.37. The van der Waals surface area contributed by atoms with E-state index in [9.17, 15) is 9.59 Å². The molecule has 0 heterocycles. The lowest BCUT2D eigenvalue weighted by atomic mass is 9.99. The number of hydrogen-bond donors (Lipinski definition) is 0. The molecule has 176 valence electrons. The maximum Gasteiger partial charge on any atom is 0.352 e. The van der Waals surface area contributed by atoms with E-state index in [2.05, 4.69) is 24.9 Å². The Bertz CT molecular complexity index is 932. The van der Waals surface area contributed by atoms with E-state index >= 15 is 0 Å². The zero-order valence-corrected chi connectivity index (χ0v) is 20.3. The van der Waals surface area contributed by atoms with Crippen molar-refractivity contribution in [2.75, 3.05) is 7.11 Å². The first-order chi connectivity index (χ1) is 16.1. The minimum atomic E-state index is -0.463. The van der Waals surface area contributed by atoms with Crippen molar-refractivity contribution in [3.8, 4) is 0 Å². The lowest BCUT2D eigenvalue weighted by molar-refractivity contribution is -0.132. The lowest BCUT2D eigenvalue weighted by Gasteiger charge is -2.10. The minimum Gasteiger partial charge on any atom is -0.465 e. The van der Waals surface area contributed by atoms with E-state index < -0.39 is 5.97 Å². The Morgan fingerprint density at radius 2 is 1.45 bits per heavy atom. The fourth-order valence-electron chi connectivity index (χ4n) is 3.72. The maximum atomic E-state index is 13.1. The molecule has 4 nitrogen and oxygen atoms in total. The van der Waals surface area contributed by atoms with Crippen LogP contribution in [0.3, 0.4) is 0 Å². The Hall–Kier alpha value is -3.01. The number of esters is 1. The fourth-order valence-corrected chi connectivity index (χ4v) is 3.72. The molecule has 2 aromatic rings. The number of nitrogens with zero attached hydrogens (tertiary/aromatic N) is 1. The number of ether oxygens (including phenoxy) is 1. The average molecular weight is 448 g/mol. The zero-order chi connectivity index (χ0) is 23.9. The van der Waals surface area contributed by atoms with Gasteiger partial charge in [0.1, 0.15) is 5.71 Å². The van der Waals surface area contributed by atoms with Crippen LogP contribution in [0.2, 0.25) is 0 Å². The highest BCUT2D eigenvalue weighted by Crippen LogP contribution is 2.24. The van der Waals surface area contributed by atoms with Gasteiger partial charge in [0, 0.05) is 17.5 Å². The van der Waals surface area contributed by atoms with E-state index in [4.69, 9.17) is 4.74 Å². The molecule has 0 saturated carbocycles. The fraction of sp³-hybridized carbons (Fsp3) is 0.414. The SMILES string of the molecule is CCCCCC(=CCC(=Nc1ccccc1C(=O)c1ccccc1)C(=O)OC)CCCCC. The summed E-state index contributed by atoms with van der Waals surface area (Å²) in [4.78, 5) is 30.2. The number of hydrogen-bond acceptors (Lipinski definition) is 4. The second kappa shape index (κ2) is 14.9. The maximum absolute atomic E-state index is 13.1. The first-order valence-electron chi connectivity index (χ1n) is 12.1. The van der Waals surface area contributed by atoms with E-state index in [1.165, 1.54) is 38.4 Å². The first-order valence-corrected chi connectivity index (χ1v) is 12.1. The van der Waals surface area contributed by atoms with Crippen LogP contribution in [-0.2, 0) is 9.53 Å². The number of carbonyl (C=O) groups excluding carboxylic acids is 2. The third-order valence-electron chi connectivity index (χ3n) is 5.65. The summed E-state index contributed by atoms with van der Waals surface area (Å²) in [5.74, 6) is -0.579.